The summed E-state index contributed by atoms with van der Waals surface area (Å²) in [6, 6.07) is 3.90. The minimum Gasteiger partial charge on any atom is -0.492 e. The molecule has 3 aliphatic rings. The second-order valence-electron chi connectivity index (χ2n) is 10.5. The number of hydrogen-bond donors (Lipinski definition) is 2. The number of fused-ring (bicyclic) bond motifs is 2. The van der Waals surface area contributed by atoms with Gasteiger partial charge in [-0.25, -0.2) is 9.97 Å². The van der Waals surface area contributed by atoms with Crippen molar-refractivity contribution in [2.75, 3.05) is 33.0 Å². The number of aromatic amines is 1. The average molecular weight is 492 g/mol. The smallest absolute Gasteiger partial charge is 0.255 e. The molecular weight excluding hydrogens is 458 g/mol. The molecule has 1 saturated heterocycles. The van der Waals surface area contributed by atoms with Gasteiger partial charge in [-0.3, -0.25) is 4.79 Å². The summed E-state index contributed by atoms with van der Waals surface area (Å²) >= 11 is 0. The maximum Gasteiger partial charge on any atom is 0.255 e. The van der Waals surface area contributed by atoms with E-state index >= 15 is 0 Å². The fraction of sp³-hybridized carbons (Fsp3) is 0.519. The molecule has 2 aliphatic heterocycles. The van der Waals surface area contributed by atoms with Gasteiger partial charge in [-0.05, 0) is 56.2 Å². The lowest BCUT2D eigenvalue weighted by molar-refractivity contribution is 0.0900. The number of aromatic nitrogens is 3. The molecule has 2 aromatic heterocycles. The predicted molar refractivity (Wildman–Crippen MR) is 135 cm³/mol. The maximum atomic E-state index is 13.3. The molecule has 1 atom stereocenters. The van der Waals surface area contributed by atoms with Crippen LogP contribution in [0, 0.1) is 11.8 Å². The molecule has 9 heteroatoms. The Hall–Kier alpha value is -3.33. The highest BCUT2D eigenvalue weighted by molar-refractivity contribution is 6.08. The number of carbonyl (C=O) groups is 1. The SMILES string of the molecule is CC(C)CN1CCC[C@@H](NC(=O)c2c[nH]c3c(-c4c(OCC5CC5)ccc5c4OCO5)ncnc23)C1. The molecule has 9 nitrogen and oxygen atoms in total. The van der Waals surface area contributed by atoms with Gasteiger partial charge in [0.25, 0.3) is 5.91 Å². The second kappa shape index (κ2) is 9.61. The van der Waals surface area contributed by atoms with E-state index in [0.29, 0.717) is 58.0 Å². The van der Waals surface area contributed by atoms with E-state index in [1.54, 1.807) is 6.20 Å². The third-order valence-electron chi connectivity index (χ3n) is 7.08. The van der Waals surface area contributed by atoms with E-state index in [0.717, 1.165) is 38.0 Å². The van der Waals surface area contributed by atoms with Gasteiger partial charge < -0.3 is 29.4 Å². The summed E-state index contributed by atoms with van der Waals surface area (Å²) in [4.78, 5) is 28.1. The quantitative estimate of drug-likeness (QED) is 0.491. The summed E-state index contributed by atoms with van der Waals surface area (Å²) < 4.78 is 17.6. The van der Waals surface area contributed by atoms with Crippen LogP contribution in [-0.2, 0) is 0 Å². The Labute approximate surface area is 210 Å². The van der Waals surface area contributed by atoms with E-state index in [2.05, 4.69) is 39.0 Å². The summed E-state index contributed by atoms with van der Waals surface area (Å²) in [5.41, 5.74) is 3.13. The Kier molecular flexibility index (Phi) is 6.17. The van der Waals surface area contributed by atoms with Gasteiger partial charge in [0.05, 0.1) is 23.3 Å². The van der Waals surface area contributed by atoms with Crippen molar-refractivity contribution in [1.82, 2.24) is 25.2 Å². The van der Waals surface area contributed by atoms with Gasteiger partial charge in [0.2, 0.25) is 6.79 Å². The van der Waals surface area contributed by atoms with Crippen molar-refractivity contribution in [1.29, 1.82) is 0 Å². The first-order chi connectivity index (χ1) is 17.6. The van der Waals surface area contributed by atoms with Crippen molar-refractivity contribution < 1.29 is 19.0 Å². The molecule has 0 bridgehead atoms. The van der Waals surface area contributed by atoms with Gasteiger partial charge >= 0.3 is 0 Å². The lowest BCUT2D eigenvalue weighted by Crippen LogP contribution is -2.48. The number of amides is 1. The van der Waals surface area contributed by atoms with Crippen LogP contribution in [0.2, 0.25) is 0 Å². The Balaban J connectivity index is 1.29. The Morgan fingerprint density at radius 3 is 2.97 bits per heavy atom. The maximum absolute atomic E-state index is 13.3. The molecule has 190 valence electrons. The van der Waals surface area contributed by atoms with Gasteiger partial charge in [0, 0.05) is 25.3 Å². The monoisotopic (exact) mass is 491 g/mol. The van der Waals surface area contributed by atoms with Gasteiger partial charge in [0.15, 0.2) is 11.5 Å². The van der Waals surface area contributed by atoms with E-state index in [1.165, 1.54) is 19.2 Å². The molecule has 3 aromatic rings. The number of hydrogen-bond acceptors (Lipinski definition) is 7. The summed E-state index contributed by atoms with van der Waals surface area (Å²) in [5, 5.41) is 3.24. The van der Waals surface area contributed by atoms with E-state index in [4.69, 9.17) is 14.2 Å². The van der Waals surface area contributed by atoms with Crippen LogP contribution in [0.5, 0.6) is 17.2 Å². The second-order valence-corrected chi connectivity index (χ2v) is 10.5. The molecule has 1 amide bonds. The van der Waals surface area contributed by atoms with Crippen LogP contribution in [0.3, 0.4) is 0 Å². The minimum absolute atomic E-state index is 0.120. The molecule has 0 unspecified atom stereocenters. The Morgan fingerprint density at radius 1 is 1.25 bits per heavy atom. The van der Waals surface area contributed by atoms with Crippen molar-refractivity contribution in [2.45, 2.75) is 45.6 Å². The van der Waals surface area contributed by atoms with Crippen LogP contribution in [0.25, 0.3) is 22.3 Å². The number of nitrogens with zero attached hydrogens (tertiary/aromatic N) is 3. The third-order valence-corrected chi connectivity index (χ3v) is 7.08. The normalized spacial score (nSPS) is 19.7. The number of H-pyrrole nitrogens is 1. The number of carbonyl (C=O) groups excluding carboxylic acids is 1. The van der Waals surface area contributed by atoms with Gasteiger partial charge in [0.1, 0.15) is 23.3 Å². The van der Waals surface area contributed by atoms with Crippen LogP contribution in [-0.4, -0.2) is 64.8 Å². The molecule has 0 radical (unpaired) electrons. The Morgan fingerprint density at radius 2 is 2.14 bits per heavy atom. The van der Waals surface area contributed by atoms with Crippen molar-refractivity contribution >= 4 is 16.9 Å². The first-order valence-corrected chi connectivity index (χ1v) is 13.0. The molecule has 4 heterocycles. The molecule has 1 saturated carbocycles. The van der Waals surface area contributed by atoms with Crippen LogP contribution in [0.1, 0.15) is 49.9 Å². The van der Waals surface area contributed by atoms with Crippen molar-refractivity contribution in [3.05, 3.63) is 30.2 Å². The van der Waals surface area contributed by atoms with Crippen LogP contribution >= 0.6 is 0 Å². The van der Waals surface area contributed by atoms with E-state index in [9.17, 15) is 4.79 Å². The van der Waals surface area contributed by atoms with E-state index < -0.39 is 0 Å². The van der Waals surface area contributed by atoms with Gasteiger partial charge in [-0.1, -0.05) is 13.8 Å². The lowest BCUT2D eigenvalue weighted by atomic mass is 10.0. The van der Waals surface area contributed by atoms with Gasteiger partial charge in [-0.15, -0.1) is 0 Å². The standard InChI is InChI=1S/C27H33N5O4/c1-16(2)11-32-9-3-4-18(12-32)31-27(33)19-10-28-25-23(19)29-14-30-24(25)22-20(34-13-17-5-6-17)7-8-21-26(22)36-15-35-21/h7-8,10,14,16-18,28H,3-6,9,11-13,15H2,1-2H3,(H,31,33)/t18-/m1/s1. The van der Waals surface area contributed by atoms with Crippen molar-refractivity contribution in [3.63, 3.8) is 0 Å². The van der Waals surface area contributed by atoms with Gasteiger partial charge in [-0.2, -0.15) is 0 Å². The zero-order valence-electron chi connectivity index (χ0n) is 20.9. The molecule has 2 fully saturated rings. The molecule has 1 aromatic carbocycles. The molecule has 0 spiro atoms. The topological polar surface area (TPSA) is 102 Å². The van der Waals surface area contributed by atoms with Crippen molar-refractivity contribution in [3.8, 4) is 28.5 Å². The number of ether oxygens (including phenoxy) is 3. The van der Waals surface area contributed by atoms with E-state index in [-0.39, 0.29) is 18.7 Å². The zero-order valence-corrected chi connectivity index (χ0v) is 20.9. The fourth-order valence-electron chi connectivity index (χ4n) is 5.21. The third kappa shape index (κ3) is 4.59. The van der Waals surface area contributed by atoms with Crippen LogP contribution in [0.15, 0.2) is 24.7 Å². The summed E-state index contributed by atoms with van der Waals surface area (Å²) in [6.45, 7) is 8.29. The summed E-state index contributed by atoms with van der Waals surface area (Å²) in [6.07, 6.45) is 7.68. The number of likely N-dealkylation sites (tertiary alicyclic amines) is 1. The Bertz CT molecular complexity index is 1270. The fourth-order valence-corrected chi connectivity index (χ4v) is 5.21. The number of nitrogens with one attached hydrogen (secondary N) is 2. The number of piperidine rings is 1. The molecular formula is C27H33N5O4. The number of rotatable bonds is 8. The largest absolute Gasteiger partial charge is 0.492 e. The zero-order chi connectivity index (χ0) is 24.6. The van der Waals surface area contributed by atoms with Crippen LogP contribution < -0.4 is 19.5 Å². The highest BCUT2D eigenvalue weighted by Crippen LogP contribution is 2.48. The molecule has 36 heavy (non-hydrogen) atoms. The molecule has 1 aliphatic carbocycles. The van der Waals surface area contributed by atoms with E-state index in [1.807, 2.05) is 12.1 Å². The molecule has 2 N–H and O–H groups in total. The predicted octanol–water partition coefficient (Wildman–Crippen LogP) is 3.99. The first-order valence-electron chi connectivity index (χ1n) is 13.0. The highest BCUT2D eigenvalue weighted by Gasteiger charge is 2.29. The van der Waals surface area contributed by atoms with Crippen molar-refractivity contribution in [2.24, 2.45) is 11.8 Å². The summed E-state index contributed by atoms with van der Waals surface area (Å²) in [7, 11) is 0. The molecule has 6 rings (SSSR count). The minimum atomic E-state index is -0.120. The number of benzene rings is 1. The van der Waals surface area contributed by atoms with Crippen LogP contribution in [0.4, 0.5) is 0 Å². The lowest BCUT2D eigenvalue weighted by Gasteiger charge is -2.34. The average Bonchev–Trinajstić information content (AvgIpc) is 3.38. The first kappa shape index (κ1) is 23.1. The summed E-state index contributed by atoms with van der Waals surface area (Å²) in [5.74, 6) is 3.05. The highest BCUT2D eigenvalue weighted by atomic mass is 16.7.